The lowest BCUT2D eigenvalue weighted by Gasteiger charge is -1.99. The Morgan fingerprint density at radius 3 is 2.71 bits per heavy atom. The SMILES string of the molecule is C=CC(=O)Nc1cc(C(F)(F)F)[nH]n1. The van der Waals surface area contributed by atoms with E-state index in [0.717, 1.165) is 6.08 Å². The van der Waals surface area contributed by atoms with E-state index in [2.05, 4.69) is 17.0 Å². The van der Waals surface area contributed by atoms with Crippen LogP contribution in [0.4, 0.5) is 19.0 Å². The number of H-pyrrole nitrogens is 1. The van der Waals surface area contributed by atoms with Gasteiger partial charge in [0.05, 0.1) is 0 Å². The summed E-state index contributed by atoms with van der Waals surface area (Å²) in [6.45, 7) is 3.14. The van der Waals surface area contributed by atoms with Gasteiger partial charge in [0.25, 0.3) is 0 Å². The van der Waals surface area contributed by atoms with Gasteiger partial charge in [0, 0.05) is 6.07 Å². The van der Waals surface area contributed by atoms with Gasteiger partial charge in [-0.05, 0) is 6.08 Å². The molecule has 0 spiro atoms. The van der Waals surface area contributed by atoms with E-state index < -0.39 is 17.8 Å². The van der Waals surface area contributed by atoms with E-state index in [1.54, 1.807) is 5.10 Å². The molecule has 0 aliphatic carbocycles. The van der Waals surface area contributed by atoms with E-state index >= 15 is 0 Å². The number of hydrogen-bond acceptors (Lipinski definition) is 2. The van der Waals surface area contributed by atoms with Gasteiger partial charge in [0.15, 0.2) is 5.82 Å². The number of rotatable bonds is 2. The number of anilines is 1. The fourth-order valence-corrected chi connectivity index (χ4v) is 0.708. The van der Waals surface area contributed by atoms with Crippen molar-refractivity contribution in [2.24, 2.45) is 0 Å². The number of nitrogens with zero attached hydrogens (tertiary/aromatic N) is 1. The molecule has 0 atom stereocenters. The molecule has 0 saturated heterocycles. The van der Waals surface area contributed by atoms with E-state index in [4.69, 9.17) is 0 Å². The monoisotopic (exact) mass is 205 g/mol. The van der Waals surface area contributed by atoms with Crippen LogP contribution in [-0.4, -0.2) is 16.1 Å². The van der Waals surface area contributed by atoms with Crippen LogP contribution >= 0.6 is 0 Å². The van der Waals surface area contributed by atoms with Crippen molar-refractivity contribution in [2.45, 2.75) is 6.18 Å². The minimum absolute atomic E-state index is 0.192. The minimum atomic E-state index is -4.50. The van der Waals surface area contributed by atoms with Gasteiger partial charge in [-0.15, -0.1) is 0 Å². The van der Waals surface area contributed by atoms with Crippen LogP contribution in [0, 0.1) is 0 Å². The van der Waals surface area contributed by atoms with Gasteiger partial charge in [-0.2, -0.15) is 18.3 Å². The average Bonchev–Trinajstić information content (AvgIpc) is 2.51. The first-order valence-electron chi connectivity index (χ1n) is 3.49. The number of alkyl halides is 3. The molecule has 2 N–H and O–H groups in total. The third-order valence-electron chi connectivity index (χ3n) is 1.32. The lowest BCUT2D eigenvalue weighted by atomic mass is 10.4. The molecule has 0 aliphatic rings. The van der Waals surface area contributed by atoms with Crippen LogP contribution in [0.2, 0.25) is 0 Å². The standard InChI is InChI=1S/C7H6F3N3O/c1-2-6(14)11-5-3-4(12-13-5)7(8,9)10/h2-3H,1H2,(H2,11,12,13,14). The number of amides is 1. The second-order valence-electron chi connectivity index (χ2n) is 2.36. The molecule has 1 rings (SSSR count). The Morgan fingerprint density at radius 2 is 2.29 bits per heavy atom. The van der Waals surface area contributed by atoms with Crippen LogP contribution in [0.3, 0.4) is 0 Å². The van der Waals surface area contributed by atoms with Crippen LogP contribution in [0.25, 0.3) is 0 Å². The molecule has 1 aromatic rings. The highest BCUT2D eigenvalue weighted by Crippen LogP contribution is 2.28. The number of carbonyl (C=O) groups excluding carboxylic acids is 1. The lowest BCUT2D eigenvalue weighted by molar-refractivity contribution is -0.141. The zero-order valence-electron chi connectivity index (χ0n) is 6.85. The molecule has 0 aliphatic heterocycles. The topological polar surface area (TPSA) is 57.8 Å². The molecule has 76 valence electrons. The Morgan fingerprint density at radius 1 is 1.64 bits per heavy atom. The fourth-order valence-electron chi connectivity index (χ4n) is 0.708. The van der Waals surface area contributed by atoms with E-state index in [-0.39, 0.29) is 5.82 Å². The zero-order chi connectivity index (χ0) is 10.8. The molecular formula is C7H6F3N3O. The molecule has 0 saturated carbocycles. The van der Waals surface area contributed by atoms with E-state index in [1.165, 1.54) is 0 Å². The summed E-state index contributed by atoms with van der Waals surface area (Å²) in [5.74, 6) is -0.813. The summed E-state index contributed by atoms with van der Waals surface area (Å²) >= 11 is 0. The summed E-state index contributed by atoms with van der Waals surface area (Å²) in [6.07, 6.45) is -3.56. The third kappa shape index (κ3) is 2.35. The molecule has 1 aromatic heterocycles. The van der Waals surface area contributed by atoms with Crippen LogP contribution in [0.15, 0.2) is 18.7 Å². The molecule has 0 bridgehead atoms. The fraction of sp³-hybridized carbons (Fsp3) is 0.143. The molecule has 0 unspecified atom stereocenters. The van der Waals surface area contributed by atoms with Gasteiger partial charge >= 0.3 is 6.18 Å². The Kier molecular flexibility index (Phi) is 2.59. The Hall–Kier alpha value is -1.79. The predicted molar refractivity (Wildman–Crippen MR) is 42.4 cm³/mol. The van der Waals surface area contributed by atoms with Crippen molar-refractivity contribution in [1.29, 1.82) is 0 Å². The number of halogens is 3. The van der Waals surface area contributed by atoms with E-state index in [9.17, 15) is 18.0 Å². The highest BCUT2D eigenvalue weighted by atomic mass is 19.4. The van der Waals surface area contributed by atoms with Crippen LogP contribution in [0.5, 0.6) is 0 Å². The normalized spacial score (nSPS) is 11.1. The van der Waals surface area contributed by atoms with Gasteiger partial charge in [-0.1, -0.05) is 6.58 Å². The number of carbonyl (C=O) groups is 1. The summed E-state index contributed by atoms with van der Waals surface area (Å²) in [5, 5.41) is 7.08. The lowest BCUT2D eigenvalue weighted by Crippen LogP contribution is -2.07. The van der Waals surface area contributed by atoms with Crippen LogP contribution in [0.1, 0.15) is 5.69 Å². The Bertz CT molecular complexity index is 355. The maximum Gasteiger partial charge on any atom is 0.432 e. The molecule has 14 heavy (non-hydrogen) atoms. The first kappa shape index (κ1) is 10.3. The molecule has 4 nitrogen and oxygen atoms in total. The zero-order valence-corrected chi connectivity index (χ0v) is 6.85. The third-order valence-corrected chi connectivity index (χ3v) is 1.32. The smallest absolute Gasteiger partial charge is 0.306 e. The van der Waals surface area contributed by atoms with Crippen molar-refractivity contribution in [3.63, 3.8) is 0 Å². The van der Waals surface area contributed by atoms with Crippen molar-refractivity contribution in [3.05, 3.63) is 24.4 Å². The first-order chi connectivity index (χ1) is 6.43. The minimum Gasteiger partial charge on any atom is -0.306 e. The van der Waals surface area contributed by atoms with E-state index in [1.807, 2.05) is 0 Å². The van der Waals surface area contributed by atoms with Crippen molar-refractivity contribution < 1.29 is 18.0 Å². The van der Waals surface area contributed by atoms with Gasteiger partial charge in [0.1, 0.15) is 5.69 Å². The second-order valence-corrected chi connectivity index (χ2v) is 2.36. The summed E-state index contributed by atoms with van der Waals surface area (Å²) < 4.78 is 36.0. The predicted octanol–water partition coefficient (Wildman–Crippen LogP) is 1.55. The maximum atomic E-state index is 12.0. The van der Waals surface area contributed by atoms with Gasteiger partial charge in [0.2, 0.25) is 5.91 Å². The molecule has 7 heteroatoms. The Labute approximate surface area is 76.8 Å². The number of aromatic amines is 1. The van der Waals surface area contributed by atoms with Crippen molar-refractivity contribution in [2.75, 3.05) is 5.32 Å². The van der Waals surface area contributed by atoms with Crippen molar-refractivity contribution >= 4 is 11.7 Å². The van der Waals surface area contributed by atoms with Gasteiger partial charge in [-0.25, -0.2) is 0 Å². The molecule has 1 heterocycles. The van der Waals surface area contributed by atoms with Crippen molar-refractivity contribution in [1.82, 2.24) is 10.2 Å². The Balaban J connectivity index is 2.78. The first-order valence-corrected chi connectivity index (χ1v) is 3.49. The quantitative estimate of drug-likeness (QED) is 0.719. The molecular weight excluding hydrogens is 199 g/mol. The highest BCUT2D eigenvalue weighted by molar-refractivity contribution is 5.98. The van der Waals surface area contributed by atoms with Gasteiger partial charge < -0.3 is 5.32 Å². The molecule has 1 amide bonds. The number of hydrogen-bond donors (Lipinski definition) is 2. The van der Waals surface area contributed by atoms with E-state index in [0.29, 0.717) is 6.07 Å². The average molecular weight is 205 g/mol. The summed E-state index contributed by atoms with van der Waals surface area (Å²) in [6, 6.07) is 0.696. The second kappa shape index (κ2) is 3.52. The summed E-state index contributed by atoms with van der Waals surface area (Å²) in [4.78, 5) is 10.7. The highest BCUT2D eigenvalue weighted by Gasteiger charge is 2.33. The maximum absolute atomic E-state index is 12.0. The summed E-state index contributed by atoms with van der Waals surface area (Å²) in [5.41, 5.74) is -1.02. The number of aromatic nitrogens is 2. The molecule has 0 aromatic carbocycles. The van der Waals surface area contributed by atoms with Crippen LogP contribution < -0.4 is 5.32 Å². The largest absolute Gasteiger partial charge is 0.432 e. The van der Waals surface area contributed by atoms with Gasteiger partial charge in [-0.3, -0.25) is 9.89 Å². The number of nitrogens with one attached hydrogen (secondary N) is 2. The van der Waals surface area contributed by atoms with Crippen molar-refractivity contribution in [3.8, 4) is 0 Å². The molecule has 0 fully saturated rings. The summed E-state index contributed by atoms with van der Waals surface area (Å²) in [7, 11) is 0. The molecule has 0 radical (unpaired) electrons. The van der Waals surface area contributed by atoms with Crippen LogP contribution in [-0.2, 0) is 11.0 Å².